The largest absolute Gasteiger partial charge is 0.417 e. The normalized spacial score (nSPS) is 26.1. The summed E-state index contributed by atoms with van der Waals surface area (Å²) in [6.45, 7) is 1.01. The van der Waals surface area contributed by atoms with Crippen molar-refractivity contribution in [1.29, 1.82) is 0 Å². The maximum absolute atomic E-state index is 12.3. The third-order valence-electron chi connectivity index (χ3n) is 4.41. The van der Waals surface area contributed by atoms with Crippen LogP contribution in [0.25, 0.3) is 0 Å². The van der Waals surface area contributed by atoms with Gasteiger partial charge in [-0.3, -0.25) is 4.79 Å². The molecule has 1 saturated heterocycles. The summed E-state index contributed by atoms with van der Waals surface area (Å²) in [6, 6.07) is 7.84. The molecule has 2 aliphatic rings. The number of nitrogens with zero attached hydrogens (tertiary/aromatic N) is 1. The minimum absolute atomic E-state index is 0.0276. The Balaban J connectivity index is 1.38. The van der Waals surface area contributed by atoms with Gasteiger partial charge in [-0.1, -0.05) is 0 Å². The molecule has 1 saturated carbocycles. The van der Waals surface area contributed by atoms with Gasteiger partial charge in [0.1, 0.15) is 12.0 Å². The Bertz CT molecular complexity index is 654. The number of nitrogens with one attached hydrogen (secondary N) is 2. The lowest BCUT2D eigenvalue weighted by Crippen LogP contribution is -2.44. The second kappa shape index (κ2) is 5.46. The number of fused-ring (bicyclic) bond motifs is 2. The van der Waals surface area contributed by atoms with E-state index in [1.807, 2.05) is 0 Å². The smallest absolute Gasteiger partial charge is 0.399 e. The Morgan fingerprint density at radius 1 is 1.32 bits per heavy atom. The number of hydrogen-bond donors (Lipinski definition) is 2. The minimum atomic E-state index is -0.0276. The van der Waals surface area contributed by atoms with Crippen LogP contribution in [0.3, 0.4) is 0 Å². The number of benzene rings is 1. The van der Waals surface area contributed by atoms with Gasteiger partial charge in [-0.15, -0.1) is 0 Å². The number of amides is 1. The zero-order chi connectivity index (χ0) is 14.9. The molecule has 3 atom stereocenters. The fourth-order valence-corrected chi connectivity index (χ4v) is 3.30. The number of rotatable bonds is 4. The van der Waals surface area contributed by atoms with Crippen molar-refractivity contribution in [2.45, 2.75) is 24.9 Å². The van der Waals surface area contributed by atoms with Crippen LogP contribution in [0.2, 0.25) is 0 Å². The van der Waals surface area contributed by atoms with E-state index in [-0.39, 0.29) is 12.0 Å². The van der Waals surface area contributed by atoms with E-state index in [4.69, 9.17) is 9.15 Å². The average molecular weight is 299 g/mol. The molecule has 2 aromatic rings. The maximum atomic E-state index is 12.3. The van der Waals surface area contributed by atoms with E-state index in [1.165, 1.54) is 18.9 Å². The van der Waals surface area contributed by atoms with Gasteiger partial charge in [-0.05, 0) is 43.0 Å². The van der Waals surface area contributed by atoms with Gasteiger partial charge in [0, 0.05) is 24.2 Å². The number of carbonyl (C=O) groups excluding carboxylic acids is 1. The number of carbonyl (C=O) groups is 1. The van der Waals surface area contributed by atoms with Gasteiger partial charge in [-0.25, -0.2) is 0 Å². The molecule has 1 aliphatic carbocycles. The number of ether oxygens (including phenoxy) is 1. The average Bonchev–Trinajstić information content (AvgIpc) is 3.25. The van der Waals surface area contributed by atoms with E-state index in [0.29, 0.717) is 29.3 Å². The van der Waals surface area contributed by atoms with E-state index >= 15 is 0 Å². The van der Waals surface area contributed by atoms with Crippen LogP contribution in [0.15, 0.2) is 41.1 Å². The van der Waals surface area contributed by atoms with Crippen molar-refractivity contribution in [2.75, 3.05) is 6.54 Å². The molecule has 3 unspecified atom stereocenters. The Kier molecular flexibility index (Phi) is 3.31. The topological polar surface area (TPSA) is 76.4 Å². The fourth-order valence-electron chi connectivity index (χ4n) is 3.30. The molecule has 2 heterocycles. The molecule has 6 nitrogen and oxygen atoms in total. The predicted octanol–water partition coefficient (Wildman–Crippen LogP) is 1.95. The Labute approximate surface area is 127 Å². The lowest BCUT2D eigenvalue weighted by Gasteiger charge is -2.23. The third kappa shape index (κ3) is 2.57. The molecule has 2 N–H and O–H groups in total. The second-order valence-corrected chi connectivity index (χ2v) is 5.84. The van der Waals surface area contributed by atoms with Crippen LogP contribution in [-0.4, -0.2) is 29.5 Å². The molecule has 22 heavy (non-hydrogen) atoms. The van der Waals surface area contributed by atoms with E-state index in [0.717, 1.165) is 13.0 Å². The minimum Gasteiger partial charge on any atom is -0.417 e. The van der Waals surface area contributed by atoms with Crippen molar-refractivity contribution in [3.63, 3.8) is 0 Å². The van der Waals surface area contributed by atoms with Crippen molar-refractivity contribution in [1.82, 2.24) is 15.6 Å². The lowest BCUT2D eigenvalue weighted by molar-refractivity contribution is 0.0925. The molecule has 1 aromatic heterocycles. The van der Waals surface area contributed by atoms with Crippen molar-refractivity contribution in [3.8, 4) is 11.8 Å². The van der Waals surface area contributed by atoms with Gasteiger partial charge in [-0.2, -0.15) is 4.98 Å². The van der Waals surface area contributed by atoms with Crippen molar-refractivity contribution < 1.29 is 13.9 Å². The summed E-state index contributed by atoms with van der Waals surface area (Å²) in [4.78, 5) is 16.2. The van der Waals surface area contributed by atoms with Crippen LogP contribution in [0, 0.1) is 5.92 Å². The number of oxazole rings is 1. The van der Waals surface area contributed by atoms with E-state index in [2.05, 4.69) is 15.6 Å². The molecule has 1 aliphatic heterocycles. The summed E-state index contributed by atoms with van der Waals surface area (Å²) in [6.07, 6.45) is 5.35. The van der Waals surface area contributed by atoms with Crippen LogP contribution in [0.4, 0.5) is 0 Å². The summed E-state index contributed by atoms with van der Waals surface area (Å²) >= 11 is 0. The van der Waals surface area contributed by atoms with Crippen LogP contribution in [-0.2, 0) is 0 Å². The molecule has 2 bridgehead atoms. The summed E-state index contributed by atoms with van der Waals surface area (Å²) in [7, 11) is 0. The fraction of sp³-hybridized carbons (Fsp3) is 0.375. The first kappa shape index (κ1) is 13.3. The van der Waals surface area contributed by atoms with Crippen LogP contribution >= 0.6 is 0 Å². The first-order chi connectivity index (χ1) is 10.8. The zero-order valence-corrected chi connectivity index (χ0v) is 12.0. The van der Waals surface area contributed by atoms with Crippen LogP contribution in [0.1, 0.15) is 23.2 Å². The maximum Gasteiger partial charge on any atom is 0.399 e. The second-order valence-electron chi connectivity index (χ2n) is 5.84. The van der Waals surface area contributed by atoms with Crippen LogP contribution < -0.4 is 15.4 Å². The first-order valence-corrected chi connectivity index (χ1v) is 7.49. The first-order valence-electron chi connectivity index (χ1n) is 7.49. The van der Waals surface area contributed by atoms with Gasteiger partial charge in [0.2, 0.25) is 0 Å². The van der Waals surface area contributed by atoms with Crippen molar-refractivity contribution in [2.24, 2.45) is 5.92 Å². The highest BCUT2D eigenvalue weighted by atomic mass is 16.6. The van der Waals surface area contributed by atoms with Crippen LogP contribution in [0.5, 0.6) is 11.8 Å². The summed E-state index contributed by atoms with van der Waals surface area (Å²) in [5.74, 6) is 1.13. The highest BCUT2D eigenvalue weighted by molar-refractivity contribution is 5.94. The molecule has 1 amide bonds. The van der Waals surface area contributed by atoms with E-state index < -0.39 is 0 Å². The summed E-state index contributed by atoms with van der Waals surface area (Å²) in [5, 5.41) is 6.59. The highest BCUT2D eigenvalue weighted by Gasteiger charge is 2.39. The Morgan fingerprint density at radius 2 is 2.18 bits per heavy atom. The molecule has 2 fully saturated rings. The number of aromatic nitrogens is 1. The van der Waals surface area contributed by atoms with Gasteiger partial charge in [0.25, 0.3) is 5.91 Å². The van der Waals surface area contributed by atoms with Gasteiger partial charge < -0.3 is 19.8 Å². The van der Waals surface area contributed by atoms with Crippen molar-refractivity contribution >= 4 is 5.91 Å². The molecular weight excluding hydrogens is 282 g/mol. The molecule has 114 valence electrons. The lowest BCUT2D eigenvalue weighted by atomic mass is 10.0. The molecular formula is C16H17N3O3. The third-order valence-corrected chi connectivity index (χ3v) is 4.41. The Hall–Kier alpha value is -2.34. The Morgan fingerprint density at radius 3 is 2.82 bits per heavy atom. The van der Waals surface area contributed by atoms with E-state index in [1.54, 1.807) is 24.3 Å². The van der Waals surface area contributed by atoms with Gasteiger partial charge in [0.15, 0.2) is 0 Å². The standard InChI is InChI=1S/C16H17N3O3/c20-15(19-14-8-12-7-11(14)9-18-12)10-1-3-13(4-2-10)22-16-17-5-6-21-16/h1-6,11-12,14,18H,7-9H2,(H,19,20). The summed E-state index contributed by atoms with van der Waals surface area (Å²) < 4.78 is 10.4. The highest BCUT2D eigenvalue weighted by Crippen LogP contribution is 2.31. The molecule has 4 rings (SSSR count). The SMILES string of the molecule is O=C(NC1CC2CC1CN2)c1ccc(Oc2ncco2)cc1. The van der Waals surface area contributed by atoms with E-state index in [9.17, 15) is 4.79 Å². The zero-order valence-electron chi connectivity index (χ0n) is 12.0. The molecule has 0 radical (unpaired) electrons. The monoisotopic (exact) mass is 299 g/mol. The number of piperidine rings is 1. The van der Waals surface area contributed by atoms with Gasteiger partial charge >= 0.3 is 6.08 Å². The van der Waals surface area contributed by atoms with Gasteiger partial charge in [0.05, 0.1) is 6.20 Å². The predicted molar refractivity (Wildman–Crippen MR) is 78.8 cm³/mol. The van der Waals surface area contributed by atoms with Crippen molar-refractivity contribution in [3.05, 3.63) is 42.3 Å². The molecule has 6 heteroatoms. The quantitative estimate of drug-likeness (QED) is 0.902. The number of hydrogen-bond acceptors (Lipinski definition) is 5. The molecule has 1 aromatic carbocycles. The molecule has 0 spiro atoms. The summed E-state index contributed by atoms with van der Waals surface area (Å²) in [5.41, 5.74) is 0.635.